The molecular weight excluding hydrogens is 472 g/mol. The molecule has 2 rings (SSSR count). The zero-order valence-corrected chi connectivity index (χ0v) is 17.0. The number of benzene rings is 1. The highest BCUT2D eigenvalue weighted by Gasteiger charge is 2.58. The smallest absolute Gasteiger partial charge is 0.469 e. The molecule has 9 nitrogen and oxygen atoms in total. The summed E-state index contributed by atoms with van der Waals surface area (Å²) < 4.78 is 97.2. The van der Waals surface area contributed by atoms with Gasteiger partial charge in [-0.3, -0.25) is 0 Å². The van der Waals surface area contributed by atoms with Crippen LogP contribution >= 0.6 is 0 Å². The molecule has 184 valence electrons. The van der Waals surface area contributed by atoms with Crippen molar-refractivity contribution < 1.29 is 60.0 Å². The highest BCUT2D eigenvalue weighted by atomic mass is 19.4. The zero-order valence-electron chi connectivity index (χ0n) is 17.0. The van der Waals surface area contributed by atoms with Gasteiger partial charge in [-0.1, -0.05) is 13.0 Å². The molecule has 0 saturated heterocycles. The van der Waals surface area contributed by atoms with Crippen molar-refractivity contribution in [1.29, 1.82) is 0 Å². The standard InChI is InChI=1S/C18H17F6NO8/c1-3-11-6-13(32-18(22,23)24)7-12-4-5-16(17(19,20)21,33-14(11)12)9-29-15(26)31-10(2)8-30-25(27)28/h4-7,10H,3,8-9H2,1-2H3/t10?,16-/m0/s1. The SMILES string of the molecule is CCc1cc(OC(F)(F)F)cc2c1O[C@@](COC(=O)OC(C)CO[N+](=O)[O-])(C(F)(F)F)C=C2. The fourth-order valence-corrected chi connectivity index (χ4v) is 2.70. The van der Waals surface area contributed by atoms with Crippen LogP contribution in [0.5, 0.6) is 11.5 Å². The number of alkyl halides is 6. The lowest BCUT2D eigenvalue weighted by Gasteiger charge is -2.36. The summed E-state index contributed by atoms with van der Waals surface area (Å²) in [4.78, 5) is 25.8. The third-order valence-corrected chi connectivity index (χ3v) is 4.20. The van der Waals surface area contributed by atoms with Crippen molar-refractivity contribution in [3.8, 4) is 11.5 Å². The quantitative estimate of drug-likeness (QED) is 0.226. The maximum Gasteiger partial charge on any atom is 0.573 e. The van der Waals surface area contributed by atoms with Gasteiger partial charge in [0.15, 0.2) is 0 Å². The van der Waals surface area contributed by atoms with Gasteiger partial charge >= 0.3 is 18.7 Å². The Morgan fingerprint density at radius 3 is 2.45 bits per heavy atom. The molecule has 1 heterocycles. The predicted octanol–water partition coefficient (Wildman–Crippen LogP) is 4.60. The van der Waals surface area contributed by atoms with Crippen molar-refractivity contribution in [2.24, 2.45) is 0 Å². The predicted molar refractivity (Wildman–Crippen MR) is 95.8 cm³/mol. The van der Waals surface area contributed by atoms with E-state index < -0.39 is 54.4 Å². The van der Waals surface area contributed by atoms with E-state index in [1.165, 1.54) is 13.8 Å². The number of nitrogens with zero attached hydrogens (tertiary/aromatic N) is 1. The Labute approximate surface area is 181 Å². The molecule has 1 aromatic carbocycles. The van der Waals surface area contributed by atoms with E-state index in [4.69, 9.17) is 4.74 Å². The van der Waals surface area contributed by atoms with Crippen LogP contribution in [0.3, 0.4) is 0 Å². The number of fused-ring (bicyclic) bond motifs is 1. The van der Waals surface area contributed by atoms with Crippen LogP contribution in [0.1, 0.15) is 25.0 Å². The molecule has 0 radical (unpaired) electrons. The average Bonchev–Trinajstić information content (AvgIpc) is 2.68. The van der Waals surface area contributed by atoms with E-state index in [0.717, 1.165) is 18.2 Å². The Bertz CT molecular complexity index is 916. The lowest BCUT2D eigenvalue weighted by atomic mass is 9.95. The van der Waals surface area contributed by atoms with Gasteiger partial charge in [0, 0.05) is 5.56 Å². The number of aryl methyl sites for hydroxylation is 1. The second-order valence-corrected chi connectivity index (χ2v) is 6.71. The third kappa shape index (κ3) is 6.79. The van der Waals surface area contributed by atoms with Crippen LogP contribution < -0.4 is 9.47 Å². The molecule has 1 aliphatic heterocycles. The van der Waals surface area contributed by atoms with Crippen LogP contribution in [0.2, 0.25) is 0 Å². The van der Waals surface area contributed by atoms with Crippen molar-refractivity contribution in [1.82, 2.24) is 0 Å². The van der Waals surface area contributed by atoms with Crippen molar-refractivity contribution in [3.05, 3.63) is 39.4 Å². The van der Waals surface area contributed by atoms with Gasteiger partial charge in [0.1, 0.15) is 30.8 Å². The summed E-state index contributed by atoms with van der Waals surface area (Å²) in [5, 5.41) is 8.96. The number of ether oxygens (including phenoxy) is 4. The normalized spacial score (nSPS) is 18.5. The first-order valence-corrected chi connectivity index (χ1v) is 9.14. The summed E-state index contributed by atoms with van der Waals surface area (Å²) in [6.45, 7) is 0.564. The zero-order chi connectivity index (χ0) is 25.0. The van der Waals surface area contributed by atoms with E-state index in [2.05, 4.69) is 19.0 Å². The highest BCUT2D eigenvalue weighted by Crippen LogP contribution is 2.44. The van der Waals surface area contributed by atoms with E-state index >= 15 is 0 Å². The molecule has 0 amide bonds. The topological polar surface area (TPSA) is 106 Å². The van der Waals surface area contributed by atoms with Crippen LogP contribution in [-0.2, 0) is 20.7 Å². The van der Waals surface area contributed by atoms with E-state index in [1.54, 1.807) is 0 Å². The molecule has 0 aliphatic carbocycles. The van der Waals surface area contributed by atoms with Crippen LogP contribution in [0.4, 0.5) is 31.1 Å². The highest BCUT2D eigenvalue weighted by molar-refractivity contribution is 5.66. The number of halogens is 6. The lowest BCUT2D eigenvalue weighted by molar-refractivity contribution is -0.759. The maximum atomic E-state index is 13.9. The number of hydrogen-bond acceptors (Lipinski definition) is 8. The molecule has 0 saturated carbocycles. The Kier molecular flexibility index (Phi) is 7.54. The molecule has 0 spiro atoms. The molecular formula is C18H17F6NO8. The lowest BCUT2D eigenvalue weighted by Crippen LogP contribution is -2.54. The minimum atomic E-state index is -5.12. The second kappa shape index (κ2) is 9.62. The van der Waals surface area contributed by atoms with Gasteiger partial charge in [0.05, 0.1) is 0 Å². The van der Waals surface area contributed by atoms with Gasteiger partial charge in [-0.05, 0) is 37.1 Å². The van der Waals surface area contributed by atoms with Crippen LogP contribution in [0.15, 0.2) is 18.2 Å². The number of carbonyl (C=O) groups is 1. The van der Waals surface area contributed by atoms with E-state index in [9.17, 15) is 41.3 Å². The molecule has 33 heavy (non-hydrogen) atoms. The van der Waals surface area contributed by atoms with Crippen molar-refractivity contribution in [3.63, 3.8) is 0 Å². The van der Waals surface area contributed by atoms with Gasteiger partial charge in [0.2, 0.25) is 0 Å². The van der Waals surface area contributed by atoms with Gasteiger partial charge in [-0.25, -0.2) is 4.79 Å². The van der Waals surface area contributed by atoms with E-state index in [0.29, 0.717) is 6.08 Å². The molecule has 0 N–H and O–H groups in total. The summed E-state index contributed by atoms with van der Waals surface area (Å²) in [5.41, 5.74) is -3.30. The molecule has 2 atom stereocenters. The minimum absolute atomic E-state index is 0.00394. The Morgan fingerprint density at radius 1 is 1.24 bits per heavy atom. The van der Waals surface area contributed by atoms with Crippen molar-refractivity contribution >= 4 is 12.2 Å². The Hall–Kier alpha value is -3.39. The third-order valence-electron chi connectivity index (χ3n) is 4.20. The number of carbonyl (C=O) groups excluding carboxylic acids is 1. The average molecular weight is 489 g/mol. The Morgan fingerprint density at radius 2 is 1.91 bits per heavy atom. The fourth-order valence-electron chi connectivity index (χ4n) is 2.70. The molecule has 0 fully saturated rings. The van der Waals surface area contributed by atoms with Gasteiger partial charge < -0.3 is 23.8 Å². The molecule has 0 bridgehead atoms. The molecule has 0 aromatic heterocycles. The molecule has 1 aromatic rings. The van der Waals surface area contributed by atoms with Gasteiger partial charge in [0.25, 0.3) is 10.7 Å². The fraction of sp³-hybridized carbons (Fsp3) is 0.500. The summed E-state index contributed by atoms with van der Waals surface area (Å²) in [7, 11) is 0. The van der Waals surface area contributed by atoms with E-state index in [1.807, 2.05) is 0 Å². The number of rotatable bonds is 8. The molecule has 1 aliphatic rings. The van der Waals surface area contributed by atoms with Crippen molar-refractivity contribution in [2.75, 3.05) is 13.2 Å². The van der Waals surface area contributed by atoms with Crippen LogP contribution in [0, 0.1) is 10.1 Å². The van der Waals surface area contributed by atoms with Crippen molar-refractivity contribution in [2.45, 2.75) is 44.5 Å². The summed E-state index contributed by atoms with van der Waals surface area (Å²) in [6.07, 6.45) is -11.6. The maximum absolute atomic E-state index is 13.9. The van der Waals surface area contributed by atoms with Gasteiger partial charge in [-0.15, -0.1) is 23.3 Å². The van der Waals surface area contributed by atoms with E-state index in [-0.39, 0.29) is 23.3 Å². The van der Waals surface area contributed by atoms with Crippen LogP contribution in [0.25, 0.3) is 6.08 Å². The summed E-state index contributed by atoms with van der Waals surface area (Å²) in [6, 6.07) is 1.74. The number of hydrogen-bond donors (Lipinski definition) is 0. The first-order valence-electron chi connectivity index (χ1n) is 9.14. The first kappa shape index (κ1) is 25.9. The monoisotopic (exact) mass is 489 g/mol. The van der Waals surface area contributed by atoms with Gasteiger partial charge in [-0.2, -0.15) is 13.2 Å². The molecule has 15 heteroatoms. The first-order chi connectivity index (χ1) is 15.2. The van der Waals surface area contributed by atoms with Crippen LogP contribution in [-0.4, -0.2) is 48.7 Å². The second-order valence-electron chi connectivity index (χ2n) is 6.71. The minimum Gasteiger partial charge on any atom is -0.469 e. The summed E-state index contributed by atoms with van der Waals surface area (Å²) in [5.74, 6) is -1.01. The summed E-state index contributed by atoms with van der Waals surface area (Å²) >= 11 is 0. The molecule has 1 unspecified atom stereocenters. The largest absolute Gasteiger partial charge is 0.573 e. The Balaban J connectivity index is 2.23.